The Morgan fingerprint density at radius 1 is 0.955 bits per heavy atom. The maximum atomic E-state index is 12.8. The molecule has 1 saturated heterocycles. The van der Waals surface area contributed by atoms with Crippen molar-refractivity contribution in [2.24, 2.45) is 0 Å². The number of aliphatic hydroxyl groups is 2. The maximum absolute atomic E-state index is 12.8. The monoisotopic (exact) mass is 615 g/mol. The van der Waals surface area contributed by atoms with Gasteiger partial charge in [0.05, 0.1) is 24.3 Å². The topological polar surface area (TPSA) is 223 Å². The molecule has 0 saturated carbocycles. The zero-order valence-corrected chi connectivity index (χ0v) is 24.6. The van der Waals surface area contributed by atoms with Crippen LogP contribution in [0.25, 0.3) is 22.5 Å². The van der Waals surface area contributed by atoms with Crippen LogP contribution < -0.4 is 5.32 Å². The third kappa shape index (κ3) is 8.32. The smallest absolute Gasteiger partial charge is 0.335 e. The van der Waals surface area contributed by atoms with Gasteiger partial charge in [0.15, 0.2) is 23.7 Å². The molecule has 2 heterocycles. The highest BCUT2D eigenvalue weighted by Gasteiger charge is 2.29. The fraction of sp³-hybridized carbons (Fsp3) is 0.400. The molecule has 1 fully saturated rings. The van der Waals surface area contributed by atoms with Crippen LogP contribution >= 0.6 is 0 Å². The van der Waals surface area contributed by atoms with Crippen LogP contribution in [-0.4, -0.2) is 104 Å². The number of carboxylic acids is 2. The Morgan fingerprint density at radius 2 is 1.55 bits per heavy atom. The van der Waals surface area contributed by atoms with Crippen molar-refractivity contribution >= 4 is 17.8 Å². The van der Waals surface area contributed by atoms with Crippen molar-refractivity contribution in [3.8, 4) is 33.9 Å². The lowest BCUT2D eigenvalue weighted by atomic mass is 9.94. The number of amides is 1. The van der Waals surface area contributed by atoms with Crippen molar-refractivity contribution in [1.82, 2.24) is 15.4 Å². The zero-order valence-electron chi connectivity index (χ0n) is 24.6. The van der Waals surface area contributed by atoms with Gasteiger partial charge in [-0.2, -0.15) is 0 Å². The third-order valence-electron chi connectivity index (χ3n) is 6.81. The molecule has 0 bridgehead atoms. The number of nitrogens with zero attached hydrogens (tertiary/aromatic N) is 2. The van der Waals surface area contributed by atoms with E-state index in [0.717, 1.165) is 44.0 Å². The van der Waals surface area contributed by atoms with Crippen molar-refractivity contribution in [3.63, 3.8) is 0 Å². The summed E-state index contributed by atoms with van der Waals surface area (Å²) in [6.07, 6.45) is -4.53. The molecule has 2 atom stereocenters. The minimum absolute atomic E-state index is 0.00808. The van der Waals surface area contributed by atoms with Gasteiger partial charge in [-0.05, 0) is 35.6 Å². The summed E-state index contributed by atoms with van der Waals surface area (Å²) < 4.78 is 11.1. The summed E-state index contributed by atoms with van der Waals surface area (Å²) in [5.41, 5.74) is 3.59. The van der Waals surface area contributed by atoms with Gasteiger partial charge in [-0.1, -0.05) is 43.3 Å². The molecule has 3 aromatic rings. The molecule has 1 aliphatic heterocycles. The van der Waals surface area contributed by atoms with E-state index in [4.69, 9.17) is 29.7 Å². The van der Waals surface area contributed by atoms with E-state index in [1.807, 2.05) is 45.0 Å². The summed E-state index contributed by atoms with van der Waals surface area (Å²) in [7, 11) is 0. The van der Waals surface area contributed by atoms with Crippen LogP contribution in [0.1, 0.15) is 48.3 Å². The van der Waals surface area contributed by atoms with Crippen molar-refractivity contribution in [2.45, 2.75) is 45.4 Å². The summed E-state index contributed by atoms with van der Waals surface area (Å²) >= 11 is 0. The predicted octanol–water partition coefficient (Wildman–Crippen LogP) is 2.00. The summed E-state index contributed by atoms with van der Waals surface area (Å²) in [4.78, 5) is 34.7. The van der Waals surface area contributed by atoms with E-state index < -0.39 is 24.1 Å². The Morgan fingerprint density at radius 3 is 2.07 bits per heavy atom. The molecular weight excluding hydrogens is 578 g/mol. The first-order valence-electron chi connectivity index (χ1n) is 13.9. The maximum Gasteiger partial charge on any atom is 0.335 e. The average molecular weight is 616 g/mol. The number of aromatic hydroxyl groups is 2. The number of nitrogens with one attached hydrogen (secondary N) is 1. The van der Waals surface area contributed by atoms with Gasteiger partial charge in [-0.3, -0.25) is 9.69 Å². The number of morpholine rings is 1. The molecule has 0 spiro atoms. The number of hydrogen-bond acceptors (Lipinski definition) is 11. The van der Waals surface area contributed by atoms with Gasteiger partial charge in [0.2, 0.25) is 0 Å². The van der Waals surface area contributed by atoms with Crippen molar-refractivity contribution in [2.75, 3.05) is 32.8 Å². The highest BCUT2D eigenvalue weighted by molar-refractivity contribution is 6.02. The minimum atomic E-state index is -2.27. The summed E-state index contributed by atoms with van der Waals surface area (Å²) in [6, 6.07) is 10.9. The fourth-order valence-corrected chi connectivity index (χ4v) is 4.44. The summed E-state index contributed by atoms with van der Waals surface area (Å²) in [5.74, 6) is -3.73. The molecule has 14 heteroatoms. The molecule has 1 aliphatic rings. The highest BCUT2D eigenvalue weighted by Crippen LogP contribution is 2.43. The molecule has 1 aromatic heterocycles. The standard InChI is InChI=1S/C26H31N3O5.C4H6O6/c1-4-27-26(32)24-23(18-7-5-17(6-8-18)15-29-9-11-33-12-10-29)25(34-28-24)20-13-19(16(2)3)21(30)14-22(20)31;5-1(3(7)8)2(6)4(9)10/h5-8,13-14,16,30-31H,4,9-12,15H2,1-3H3,(H,27,32);1-2,5-6H,(H,7,8)(H,9,10). The number of aliphatic hydroxyl groups excluding tert-OH is 2. The number of rotatable bonds is 10. The van der Waals surface area contributed by atoms with Crippen molar-refractivity contribution in [3.05, 3.63) is 53.2 Å². The molecule has 1 amide bonds. The molecule has 14 nitrogen and oxygen atoms in total. The molecular formula is C30H37N3O11. The lowest BCUT2D eigenvalue weighted by Crippen LogP contribution is -2.39. The third-order valence-corrected chi connectivity index (χ3v) is 6.81. The quantitative estimate of drug-likeness (QED) is 0.174. The van der Waals surface area contributed by atoms with Crippen LogP contribution in [0, 0.1) is 0 Å². The molecule has 2 aromatic carbocycles. The van der Waals surface area contributed by atoms with Gasteiger partial charge in [0.25, 0.3) is 5.91 Å². The van der Waals surface area contributed by atoms with Crippen LogP contribution in [0.2, 0.25) is 0 Å². The largest absolute Gasteiger partial charge is 0.508 e. The lowest BCUT2D eigenvalue weighted by molar-refractivity contribution is -0.165. The Balaban J connectivity index is 0.000000456. The van der Waals surface area contributed by atoms with E-state index in [0.29, 0.717) is 23.2 Å². The van der Waals surface area contributed by atoms with Gasteiger partial charge < -0.3 is 45.2 Å². The van der Waals surface area contributed by atoms with Crippen LogP contribution in [0.5, 0.6) is 11.5 Å². The predicted molar refractivity (Wildman–Crippen MR) is 156 cm³/mol. The highest BCUT2D eigenvalue weighted by atomic mass is 16.5. The number of benzene rings is 2. The Hall–Kier alpha value is -4.50. The van der Waals surface area contributed by atoms with E-state index >= 15 is 0 Å². The van der Waals surface area contributed by atoms with E-state index in [9.17, 15) is 24.6 Å². The van der Waals surface area contributed by atoms with Crippen LogP contribution in [-0.2, 0) is 20.9 Å². The number of carboxylic acid groups (broad SMARTS) is 2. The van der Waals surface area contributed by atoms with Gasteiger partial charge in [0, 0.05) is 32.2 Å². The molecule has 0 radical (unpaired) electrons. The number of phenols is 2. The first kappa shape index (κ1) is 34.0. The number of ether oxygens (including phenoxy) is 1. The number of carbonyl (C=O) groups excluding carboxylic acids is 1. The van der Waals surface area contributed by atoms with Gasteiger partial charge in [0.1, 0.15) is 11.5 Å². The van der Waals surface area contributed by atoms with Gasteiger partial charge in [-0.15, -0.1) is 0 Å². The molecule has 238 valence electrons. The van der Waals surface area contributed by atoms with Crippen LogP contribution in [0.4, 0.5) is 0 Å². The number of aliphatic carboxylic acids is 2. The SMILES string of the molecule is CCNC(=O)c1noc(-c2cc(C(C)C)c(O)cc2O)c1-c1ccc(CN2CCOCC2)cc1.O=C(O)C(O)C(O)C(=O)O. The van der Waals surface area contributed by atoms with Gasteiger partial charge in [-0.25, -0.2) is 9.59 Å². The van der Waals surface area contributed by atoms with Crippen LogP contribution in [0.3, 0.4) is 0 Å². The first-order chi connectivity index (χ1) is 20.8. The van der Waals surface area contributed by atoms with Crippen molar-refractivity contribution in [1.29, 1.82) is 0 Å². The molecule has 44 heavy (non-hydrogen) atoms. The number of carbonyl (C=O) groups is 3. The number of hydrogen-bond donors (Lipinski definition) is 7. The van der Waals surface area contributed by atoms with Crippen LogP contribution in [0.15, 0.2) is 40.9 Å². The minimum Gasteiger partial charge on any atom is -0.508 e. The average Bonchev–Trinajstić information content (AvgIpc) is 3.42. The molecule has 7 N–H and O–H groups in total. The zero-order chi connectivity index (χ0) is 32.6. The second-order valence-electron chi connectivity index (χ2n) is 10.3. The number of aromatic nitrogens is 1. The van der Waals surface area contributed by atoms with E-state index in [1.54, 1.807) is 6.07 Å². The molecule has 2 unspecified atom stereocenters. The lowest BCUT2D eigenvalue weighted by Gasteiger charge is -2.26. The Bertz CT molecular complexity index is 1430. The summed E-state index contributed by atoms with van der Waals surface area (Å²) in [5, 5.41) is 60.3. The van der Waals surface area contributed by atoms with Crippen molar-refractivity contribution < 1.29 is 54.3 Å². The molecule has 0 aliphatic carbocycles. The molecule has 4 rings (SSSR count). The van der Waals surface area contributed by atoms with E-state index in [2.05, 4.69) is 15.4 Å². The summed E-state index contributed by atoms with van der Waals surface area (Å²) in [6.45, 7) is 10.3. The Kier molecular flexibility index (Phi) is 11.8. The second kappa shape index (κ2) is 15.3. The normalized spacial score (nSPS) is 14.8. The fourth-order valence-electron chi connectivity index (χ4n) is 4.44. The second-order valence-corrected chi connectivity index (χ2v) is 10.3. The number of phenolic OH excluding ortho intramolecular Hbond substituents is 2. The van der Waals surface area contributed by atoms with E-state index in [1.165, 1.54) is 6.07 Å². The van der Waals surface area contributed by atoms with E-state index in [-0.39, 0.29) is 34.8 Å². The first-order valence-corrected chi connectivity index (χ1v) is 13.9. The Labute approximate surface area is 253 Å². The van der Waals surface area contributed by atoms with Gasteiger partial charge >= 0.3 is 11.9 Å².